The smallest absolute Gasteiger partial charge is 0.331 e. The van der Waals surface area contributed by atoms with E-state index in [1.54, 1.807) is 25.1 Å². The standard InChI is InChI=1S/C13H15FN4O2/c1-3-13(2,12(19)20)18-11(15-16-17-18)8-9-6-4-5-7-10(9)14/h4-7H,3,8H2,1-2H3,(H,19,20). The maximum atomic E-state index is 13.7. The van der Waals surface area contributed by atoms with Crippen LogP contribution in [0, 0.1) is 5.82 Å². The van der Waals surface area contributed by atoms with Crippen LogP contribution < -0.4 is 0 Å². The molecule has 6 nitrogen and oxygen atoms in total. The molecule has 0 aliphatic rings. The molecule has 0 saturated heterocycles. The number of hydrogen-bond donors (Lipinski definition) is 1. The monoisotopic (exact) mass is 278 g/mol. The minimum absolute atomic E-state index is 0.141. The predicted octanol–water partition coefficient (Wildman–Crippen LogP) is 1.61. The number of benzene rings is 1. The van der Waals surface area contributed by atoms with Gasteiger partial charge in [-0.2, -0.15) is 0 Å². The molecule has 0 bridgehead atoms. The normalized spacial score (nSPS) is 13.9. The molecule has 1 unspecified atom stereocenters. The minimum atomic E-state index is -1.25. The summed E-state index contributed by atoms with van der Waals surface area (Å²) in [5.74, 6) is -1.07. The second-order valence-corrected chi connectivity index (χ2v) is 4.71. The Balaban J connectivity index is 2.39. The molecule has 0 fully saturated rings. The number of aliphatic carboxylic acids is 1. The first-order valence-electron chi connectivity index (χ1n) is 6.23. The van der Waals surface area contributed by atoms with Crippen LogP contribution in [-0.2, 0) is 16.8 Å². The highest BCUT2D eigenvalue weighted by Crippen LogP contribution is 2.22. The van der Waals surface area contributed by atoms with Crippen LogP contribution in [0.15, 0.2) is 24.3 Å². The fourth-order valence-corrected chi connectivity index (χ4v) is 1.90. The molecular formula is C13H15FN4O2. The van der Waals surface area contributed by atoms with Crippen molar-refractivity contribution in [1.29, 1.82) is 0 Å². The molecule has 0 amide bonds. The summed E-state index contributed by atoms with van der Waals surface area (Å²) < 4.78 is 14.9. The summed E-state index contributed by atoms with van der Waals surface area (Å²) in [6.45, 7) is 3.28. The second kappa shape index (κ2) is 5.36. The Bertz CT molecular complexity index is 628. The Morgan fingerprint density at radius 3 is 2.75 bits per heavy atom. The lowest BCUT2D eigenvalue weighted by Crippen LogP contribution is -2.40. The number of carboxylic acids is 1. The van der Waals surface area contributed by atoms with E-state index in [0.29, 0.717) is 17.8 Å². The molecule has 2 aromatic rings. The van der Waals surface area contributed by atoms with E-state index in [1.807, 2.05) is 0 Å². The van der Waals surface area contributed by atoms with Gasteiger partial charge in [0, 0.05) is 6.42 Å². The van der Waals surface area contributed by atoms with Gasteiger partial charge in [-0.15, -0.1) is 5.10 Å². The average molecular weight is 278 g/mol. The van der Waals surface area contributed by atoms with Gasteiger partial charge in [0.15, 0.2) is 11.4 Å². The molecule has 1 atom stereocenters. The van der Waals surface area contributed by atoms with Crippen LogP contribution in [0.2, 0.25) is 0 Å². The number of carbonyl (C=O) groups is 1. The van der Waals surface area contributed by atoms with Crippen molar-refractivity contribution >= 4 is 5.97 Å². The molecule has 2 rings (SSSR count). The summed E-state index contributed by atoms with van der Waals surface area (Å²) in [7, 11) is 0. The summed E-state index contributed by atoms with van der Waals surface area (Å²) in [5, 5.41) is 20.5. The van der Waals surface area contributed by atoms with Gasteiger partial charge in [0.25, 0.3) is 0 Å². The summed E-state index contributed by atoms with van der Waals surface area (Å²) in [6, 6.07) is 6.27. The number of halogens is 1. The second-order valence-electron chi connectivity index (χ2n) is 4.71. The zero-order valence-electron chi connectivity index (χ0n) is 11.2. The first-order chi connectivity index (χ1) is 9.49. The van der Waals surface area contributed by atoms with E-state index in [2.05, 4.69) is 15.5 Å². The molecular weight excluding hydrogens is 263 g/mol. The Hall–Kier alpha value is -2.31. The lowest BCUT2D eigenvalue weighted by atomic mass is 9.99. The third-order valence-corrected chi connectivity index (χ3v) is 3.46. The summed E-state index contributed by atoms with van der Waals surface area (Å²) >= 11 is 0. The zero-order chi connectivity index (χ0) is 14.8. The van der Waals surface area contributed by atoms with Crippen molar-refractivity contribution in [1.82, 2.24) is 20.2 Å². The molecule has 0 aliphatic heterocycles. The molecule has 0 spiro atoms. The SMILES string of the molecule is CCC(C)(C(=O)O)n1nnnc1Cc1ccccc1F. The highest BCUT2D eigenvalue weighted by atomic mass is 19.1. The van der Waals surface area contributed by atoms with Crippen molar-refractivity contribution in [3.05, 3.63) is 41.5 Å². The molecule has 0 radical (unpaired) electrons. The number of nitrogens with zero attached hydrogens (tertiary/aromatic N) is 4. The lowest BCUT2D eigenvalue weighted by Gasteiger charge is -2.24. The van der Waals surface area contributed by atoms with E-state index in [-0.39, 0.29) is 12.2 Å². The van der Waals surface area contributed by atoms with Gasteiger partial charge < -0.3 is 5.11 Å². The Morgan fingerprint density at radius 1 is 1.45 bits per heavy atom. The molecule has 1 aromatic heterocycles. The highest BCUT2D eigenvalue weighted by Gasteiger charge is 2.36. The number of carboxylic acid groups (broad SMARTS) is 1. The van der Waals surface area contributed by atoms with E-state index < -0.39 is 11.5 Å². The van der Waals surface area contributed by atoms with Gasteiger partial charge in [-0.05, 0) is 35.4 Å². The summed E-state index contributed by atoms with van der Waals surface area (Å²) in [6.07, 6.45) is 0.459. The first-order valence-corrected chi connectivity index (χ1v) is 6.23. The van der Waals surface area contributed by atoms with E-state index in [9.17, 15) is 14.3 Å². The highest BCUT2D eigenvalue weighted by molar-refractivity contribution is 5.76. The first kappa shape index (κ1) is 14.1. The molecule has 7 heteroatoms. The van der Waals surface area contributed by atoms with E-state index >= 15 is 0 Å². The Labute approximate surface area is 115 Å². The van der Waals surface area contributed by atoms with Crippen LogP contribution in [-0.4, -0.2) is 31.3 Å². The van der Waals surface area contributed by atoms with Crippen molar-refractivity contribution in [3.63, 3.8) is 0 Å². The number of aromatic nitrogens is 4. The molecule has 1 N–H and O–H groups in total. The van der Waals surface area contributed by atoms with Gasteiger partial charge in [-0.25, -0.2) is 13.9 Å². The average Bonchev–Trinajstić information content (AvgIpc) is 2.89. The van der Waals surface area contributed by atoms with Gasteiger partial charge in [0.05, 0.1) is 0 Å². The van der Waals surface area contributed by atoms with Crippen molar-refractivity contribution < 1.29 is 14.3 Å². The van der Waals surface area contributed by atoms with Crippen LogP contribution in [0.3, 0.4) is 0 Å². The van der Waals surface area contributed by atoms with Crippen molar-refractivity contribution in [2.24, 2.45) is 0 Å². The van der Waals surface area contributed by atoms with E-state index in [1.165, 1.54) is 17.7 Å². The summed E-state index contributed by atoms with van der Waals surface area (Å²) in [4.78, 5) is 11.4. The molecule has 1 heterocycles. The predicted molar refractivity (Wildman–Crippen MR) is 68.6 cm³/mol. The van der Waals surface area contributed by atoms with E-state index in [0.717, 1.165) is 0 Å². The lowest BCUT2D eigenvalue weighted by molar-refractivity contribution is -0.147. The van der Waals surface area contributed by atoms with Gasteiger partial charge in [0.2, 0.25) is 0 Å². The summed E-state index contributed by atoms with van der Waals surface area (Å²) in [5.41, 5.74) is -0.822. The minimum Gasteiger partial charge on any atom is -0.479 e. The molecule has 20 heavy (non-hydrogen) atoms. The quantitative estimate of drug-likeness (QED) is 0.898. The van der Waals surface area contributed by atoms with E-state index in [4.69, 9.17) is 0 Å². The van der Waals surface area contributed by atoms with Gasteiger partial charge in [0.1, 0.15) is 5.82 Å². The number of hydrogen-bond acceptors (Lipinski definition) is 4. The van der Waals surface area contributed by atoms with Crippen LogP contribution >= 0.6 is 0 Å². The van der Waals surface area contributed by atoms with Crippen molar-refractivity contribution in [2.75, 3.05) is 0 Å². The number of tetrazole rings is 1. The molecule has 106 valence electrons. The van der Waals surface area contributed by atoms with Crippen molar-refractivity contribution in [2.45, 2.75) is 32.2 Å². The molecule has 0 aliphatic carbocycles. The Kier molecular flexibility index (Phi) is 3.78. The topological polar surface area (TPSA) is 80.9 Å². The van der Waals surface area contributed by atoms with Crippen LogP contribution in [0.4, 0.5) is 4.39 Å². The van der Waals surface area contributed by atoms with Crippen LogP contribution in [0.25, 0.3) is 0 Å². The maximum absolute atomic E-state index is 13.7. The van der Waals surface area contributed by atoms with Gasteiger partial charge in [-0.1, -0.05) is 25.1 Å². The Morgan fingerprint density at radius 2 is 2.15 bits per heavy atom. The van der Waals surface area contributed by atoms with Crippen molar-refractivity contribution in [3.8, 4) is 0 Å². The van der Waals surface area contributed by atoms with Gasteiger partial charge in [-0.3, -0.25) is 0 Å². The fraction of sp³-hybridized carbons (Fsp3) is 0.385. The van der Waals surface area contributed by atoms with Crippen LogP contribution in [0.1, 0.15) is 31.7 Å². The van der Waals surface area contributed by atoms with Crippen LogP contribution in [0.5, 0.6) is 0 Å². The number of rotatable bonds is 5. The van der Waals surface area contributed by atoms with Gasteiger partial charge >= 0.3 is 5.97 Å². The fourth-order valence-electron chi connectivity index (χ4n) is 1.90. The largest absolute Gasteiger partial charge is 0.479 e. The molecule has 0 saturated carbocycles. The third kappa shape index (κ3) is 2.38. The molecule has 1 aromatic carbocycles. The zero-order valence-corrected chi connectivity index (χ0v) is 11.2. The third-order valence-electron chi connectivity index (χ3n) is 3.46. The maximum Gasteiger partial charge on any atom is 0.331 e.